The highest BCUT2D eigenvalue weighted by Gasteiger charge is 2.28. The van der Waals surface area contributed by atoms with Gasteiger partial charge in [0.2, 0.25) is 0 Å². The van der Waals surface area contributed by atoms with Crippen molar-refractivity contribution in [1.82, 2.24) is 5.32 Å². The van der Waals surface area contributed by atoms with Crippen LogP contribution in [0.15, 0.2) is 11.5 Å². The molecule has 0 saturated carbocycles. The zero-order valence-corrected chi connectivity index (χ0v) is 6.28. The molecule has 1 atom stereocenters. The fourth-order valence-electron chi connectivity index (χ4n) is 1.13. The van der Waals surface area contributed by atoms with Crippen LogP contribution in [0, 0.1) is 0 Å². The summed E-state index contributed by atoms with van der Waals surface area (Å²) >= 11 is 1.68. The van der Waals surface area contributed by atoms with E-state index in [1.807, 2.05) is 0 Å². The van der Waals surface area contributed by atoms with Gasteiger partial charge in [0.15, 0.2) is 0 Å². The van der Waals surface area contributed by atoms with E-state index in [0.717, 1.165) is 11.6 Å². The molecule has 0 spiro atoms. The van der Waals surface area contributed by atoms with Gasteiger partial charge < -0.3 is 15.2 Å². The molecule has 3 nitrogen and oxygen atoms in total. The number of ether oxygens (including phenoxy) is 1. The first-order chi connectivity index (χ1) is 4.88. The number of fused-ring (bicyclic) bond motifs is 1. The summed E-state index contributed by atoms with van der Waals surface area (Å²) in [4.78, 5) is 0. The van der Waals surface area contributed by atoms with Gasteiger partial charge in [-0.25, -0.2) is 0 Å². The van der Waals surface area contributed by atoms with E-state index in [1.165, 1.54) is 0 Å². The molecule has 2 aliphatic rings. The highest BCUT2D eigenvalue weighted by Crippen LogP contribution is 2.30. The van der Waals surface area contributed by atoms with E-state index in [0.29, 0.717) is 18.8 Å². The zero-order valence-electron chi connectivity index (χ0n) is 5.46. The van der Waals surface area contributed by atoms with E-state index in [1.54, 1.807) is 11.8 Å². The molecule has 0 aromatic carbocycles. The Bertz CT molecular complexity index is 181. The fourth-order valence-corrected chi connectivity index (χ4v) is 2.10. The van der Waals surface area contributed by atoms with Crippen LogP contribution in [0.4, 0.5) is 0 Å². The Morgan fingerprint density at radius 2 is 2.60 bits per heavy atom. The third-order valence-corrected chi connectivity index (χ3v) is 2.64. The summed E-state index contributed by atoms with van der Waals surface area (Å²) < 4.78 is 5.35. The molecule has 2 N–H and O–H groups in total. The summed E-state index contributed by atoms with van der Waals surface area (Å²) in [6, 6.07) is 0. The number of hydrogen-bond donors (Lipinski definition) is 2. The predicted molar refractivity (Wildman–Crippen MR) is 39.6 cm³/mol. The van der Waals surface area contributed by atoms with Crippen LogP contribution in [0.2, 0.25) is 0 Å². The molecule has 1 fully saturated rings. The number of nitrogens with one attached hydrogen (secondary N) is 1. The number of aliphatic hydroxyl groups excluding tert-OH is 1. The van der Waals surface area contributed by atoms with Crippen molar-refractivity contribution in [2.75, 3.05) is 12.5 Å². The Kier molecular flexibility index (Phi) is 1.50. The van der Waals surface area contributed by atoms with Gasteiger partial charge >= 0.3 is 0 Å². The minimum Gasteiger partial charge on any atom is -0.510 e. The SMILES string of the molecule is OC1=C2NCSC2OCC1. The lowest BCUT2D eigenvalue weighted by atomic mass is 10.2. The molecule has 1 unspecified atom stereocenters. The van der Waals surface area contributed by atoms with Crippen LogP contribution in [0.3, 0.4) is 0 Å². The molecular weight excluding hydrogens is 150 g/mol. The van der Waals surface area contributed by atoms with Crippen molar-refractivity contribution in [2.24, 2.45) is 0 Å². The second kappa shape index (κ2) is 2.36. The van der Waals surface area contributed by atoms with E-state index in [2.05, 4.69) is 5.32 Å². The Balaban J connectivity index is 2.25. The molecule has 4 heteroatoms. The van der Waals surface area contributed by atoms with Gasteiger partial charge in [-0.3, -0.25) is 0 Å². The maximum atomic E-state index is 9.30. The average molecular weight is 159 g/mol. The largest absolute Gasteiger partial charge is 0.510 e. The van der Waals surface area contributed by atoms with Gasteiger partial charge in [-0.1, -0.05) is 0 Å². The summed E-state index contributed by atoms with van der Waals surface area (Å²) in [5.41, 5.74) is 0.963. The lowest BCUT2D eigenvalue weighted by molar-refractivity contribution is 0.105. The van der Waals surface area contributed by atoms with Crippen LogP contribution in [-0.4, -0.2) is 23.0 Å². The zero-order chi connectivity index (χ0) is 6.97. The molecule has 2 aliphatic heterocycles. The van der Waals surface area contributed by atoms with Gasteiger partial charge in [-0.15, -0.1) is 11.8 Å². The molecule has 2 heterocycles. The third kappa shape index (κ3) is 0.876. The van der Waals surface area contributed by atoms with E-state index in [4.69, 9.17) is 4.74 Å². The first-order valence-corrected chi connectivity index (χ1v) is 4.32. The molecule has 2 rings (SSSR count). The van der Waals surface area contributed by atoms with Crippen LogP contribution in [0.1, 0.15) is 6.42 Å². The van der Waals surface area contributed by atoms with Gasteiger partial charge in [-0.05, 0) is 0 Å². The lowest BCUT2D eigenvalue weighted by Gasteiger charge is -2.18. The number of aliphatic hydroxyl groups is 1. The number of thioether (sulfide) groups is 1. The molecule has 0 aromatic heterocycles. The van der Waals surface area contributed by atoms with Crippen LogP contribution in [-0.2, 0) is 4.74 Å². The second-order valence-electron chi connectivity index (χ2n) is 2.30. The smallest absolute Gasteiger partial charge is 0.147 e. The van der Waals surface area contributed by atoms with Crippen LogP contribution < -0.4 is 5.32 Å². The van der Waals surface area contributed by atoms with Crippen molar-refractivity contribution in [3.8, 4) is 0 Å². The maximum absolute atomic E-state index is 9.30. The summed E-state index contributed by atoms with van der Waals surface area (Å²) in [7, 11) is 0. The molecule has 56 valence electrons. The molecule has 0 amide bonds. The summed E-state index contributed by atoms with van der Waals surface area (Å²) in [5.74, 6) is 1.32. The van der Waals surface area contributed by atoms with Crippen molar-refractivity contribution < 1.29 is 9.84 Å². The van der Waals surface area contributed by atoms with E-state index in [9.17, 15) is 5.11 Å². The lowest BCUT2D eigenvalue weighted by Crippen LogP contribution is -2.22. The normalized spacial score (nSPS) is 31.8. The molecule has 0 aromatic rings. The fraction of sp³-hybridized carbons (Fsp3) is 0.667. The first-order valence-electron chi connectivity index (χ1n) is 3.27. The highest BCUT2D eigenvalue weighted by atomic mass is 32.2. The minimum atomic E-state index is 0.0775. The molecule has 0 radical (unpaired) electrons. The highest BCUT2D eigenvalue weighted by molar-refractivity contribution is 8.00. The van der Waals surface area contributed by atoms with Gasteiger partial charge in [0.25, 0.3) is 0 Å². The van der Waals surface area contributed by atoms with Crippen molar-refractivity contribution in [2.45, 2.75) is 11.9 Å². The maximum Gasteiger partial charge on any atom is 0.147 e. The Labute approximate surface area is 63.4 Å². The Hall–Kier alpha value is -0.350. The molecule has 10 heavy (non-hydrogen) atoms. The summed E-state index contributed by atoms with van der Waals surface area (Å²) in [5, 5.41) is 12.4. The molecule has 0 aliphatic carbocycles. The standard InChI is InChI=1S/C6H9NO2S/c8-4-1-2-9-6-5(4)7-3-10-6/h6-8H,1-3H2. The van der Waals surface area contributed by atoms with Crippen molar-refractivity contribution in [1.29, 1.82) is 0 Å². The van der Waals surface area contributed by atoms with Crippen LogP contribution in [0.25, 0.3) is 0 Å². The van der Waals surface area contributed by atoms with Gasteiger partial charge in [-0.2, -0.15) is 0 Å². The first kappa shape index (κ1) is 6.37. The van der Waals surface area contributed by atoms with E-state index >= 15 is 0 Å². The van der Waals surface area contributed by atoms with E-state index in [-0.39, 0.29) is 5.44 Å². The minimum absolute atomic E-state index is 0.0775. The van der Waals surface area contributed by atoms with Crippen molar-refractivity contribution in [3.63, 3.8) is 0 Å². The van der Waals surface area contributed by atoms with Gasteiger partial charge in [0.1, 0.15) is 11.2 Å². The monoisotopic (exact) mass is 159 g/mol. The third-order valence-electron chi connectivity index (χ3n) is 1.65. The predicted octanol–water partition coefficient (Wildman–Crippen LogP) is 0.796. The second-order valence-corrected chi connectivity index (χ2v) is 3.35. The number of rotatable bonds is 0. The quantitative estimate of drug-likeness (QED) is 0.548. The Morgan fingerprint density at radius 3 is 3.40 bits per heavy atom. The van der Waals surface area contributed by atoms with Gasteiger partial charge in [0.05, 0.1) is 18.2 Å². The van der Waals surface area contributed by atoms with Crippen LogP contribution >= 0.6 is 11.8 Å². The topological polar surface area (TPSA) is 41.5 Å². The Morgan fingerprint density at radius 1 is 1.70 bits per heavy atom. The summed E-state index contributed by atoms with van der Waals surface area (Å²) in [6.45, 7) is 0.648. The van der Waals surface area contributed by atoms with E-state index < -0.39 is 0 Å². The summed E-state index contributed by atoms with van der Waals surface area (Å²) in [6.07, 6.45) is 0.652. The molecular formula is C6H9NO2S. The van der Waals surface area contributed by atoms with Crippen LogP contribution in [0.5, 0.6) is 0 Å². The molecule has 1 saturated heterocycles. The molecule has 0 bridgehead atoms. The van der Waals surface area contributed by atoms with Gasteiger partial charge in [0, 0.05) is 6.42 Å². The average Bonchev–Trinajstić information content (AvgIpc) is 2.36. The number of hydrogen-bond acceptors (Lipinski definition) is 4. The van der Waals surface area contributed by atoms with Crippen molar-refractivity contribution >= 4 is 11.8 Å². The van der Waals surface area contributed by atoms with Crippen molar-refractivity contribution in [3.05, 3.63) is 11.5 Å².